The first-order valence-electron chi connectivity index (χ1n) is 6.85. The zero-order valence-electron chi connectivity index (χ0n) is 12.0. The van der Waals surface area contributed by atoms with Crippen LogP contribution in [0.15, 0.2) is 30.6 Å². The average molecular weight is 275 g/mol. The molecule has 1 amide bonds. The Morgan fingerprint density at radius 2 is 2.25 bits per heavy atom. The maximum Gasteiger partial charge on any atom is 0.271 e. The van der Waals surface area contributed by atoms with Gasteiger partial charge in [0.1, 0.15) is 11.3 Å². The fourth-order valence-corrected chi connectivity index (χ4v) is 2.10. The van der Waals surface area contributed by atoms with Crippen molar-refractivity contribution in [1.82, 2.24) is 14.7 Å². The minimum Gasteiger partial charge on any atom is -0.396 e. The van der Waals surface area contributed by atoms with Crippen LogP contribution in [0.2, 0.25) is 0 Å². The van der Waals surface area contributed by atoms with E-state index in [0.717, 1.165) is 18.5 Å². The van der Waals surface area contributed by atoms with E-state index in [9.17, 15) is 4.79 Å². The van der Waals surface area contributed by atoms with Crippen molar-refractivity contribution in [2.45, 2.75) is 26.7 Å². The molecule has 0 aliphatic carbocycles. The molecule has 0 aliphatic heterocycles. The molecule has 2 N–H and O–H groups in total. The number of aromatic nitrogens is 2. The third-order valence-corrected chi connectivity index (χ3v) is 3.34. The van der Waals surface area contributed by atoms with Gasteiger partial charge in [-0.2, -0.15) is 0 Å². The second-order valence-electron chi connectivity index (χ2n) is 5.77. The van der Waals surface area contributed by atoms with Crippen molar-refractivity contribution in [2.24, 2.45) is 5.41 Å². The fourth-order valence-electron chi connectivity index (χ4n) is 2.10. The predicted molar refractivity (Wildman–Crippen MR) is 77.6 cm³/mol. The van der Waals surface area contributed by atoms with E-state index >= 15 is 0 Å². The van der Waals surface area contributed by atoms with Gasteiger partial charge in [0.2, 0.25) is 0 Å². The third-order valence-electron chi connectivity index (χ3n) is 3.34. The summed E-state index contributed by atoms with van der Waals surface area (Å²) in [5.41, 5.74) is 1.16. The van der Waals surface area contributed by atoms with Crippen molar-refractivity contribution >= 4 is 11.6 Å². The van der Waals surface area contributed by atoms with Crippen LogP contribution >= 0.6 is 0 Å². The van der Waals surface area contributed by atoms with Gasteiger partial charge in [0, 0.05) is 25.5 Å². The number of carbonyl (C=O) groups is 1. The molecule has 0 fully saturated rings. The van der Waals surface area contributed by atoms with E-state index in [1.165, 1.54) is 0 Å². The van der Waals surface area contributed by atoms with Gasteiger partial charge in [-0.05, 0) is 30.4 Å². The molecule has 20 heavy (non-hydrogen) atoms. The van der Waals surface area contributed by atoms with Crippen LogP contribution in [0, 0.1) is 5.41 Å². The molecule has 0 saturated heterocycles. The van der Waals surface area contributed by atoms with Crippen LogP contribution in [0.3, 0.4) is 0 Å². The first kappa shape index (κ1) is 14.5. The van der Waals surface area contributed by atoms with Crippen LogP contribution in [0.4, 0.5) is 0 Å². The lowest BCUT2D eigenvalue weighted by molar-refractivity contribution is 0.0928. The molecule has 0 atom stereocenters. The summed E-state index contributed by atoms with van der Waals surface area (Å²) < 4.78 is 1.83. The minimum absolute atomic E-state index is 0.0302. The lowest BCUT2D eigenvalue weighted by atomic mass is 9.88. The molecule has 2 aromatic rings. The average Bonchev–Trinajstić information content (AvgIpc) is 2.86. The topological polar surface area (TPSA) is 66.6 Å². The largest absolute Gasteiger partial charge is 0.396 e. The van der Waals surface area contributed by atoms with E-state index in [4.69, 9.17) is 5.11 Å². The van der Waals surface area contributed by atoms with Gasteiger partial charge in [0.05, 0.1) is 0 Å². The number of amides is 1. The maximum atomic E-state index is 12.1. The summed E-state index contributed by atoms with van der Waals surface area (Å²) in [6.45, 7) is 4.91. The highest BCUT2D eigenvalue weighted by molar-refractivity contribution is 5.92. The molecule has 5 heteroatoms. The predicted octanol–water partition coefficient (Wildman–Crippen LogP) is 1.86. The summed E-state index contributed by atoms with van der Waals surface area (Å²) in [5, 5.41) is 11.8. The summed E-state index contributed by atoms with van der Waals surface area (Å²) in [5.74, 6) is -0.161. The SMILES string of the molecule is CC(C)(CCCO)CNC(=O)c1cn2ccccc2n1. The van der Waals surface area contributed by atoms with Crippen LogP contribution in [-0.2, 0) is 0 Å². The van der Waals surface area contributed by atoms with Gasteiger partial charge in [0.25, 0.3) is 5.91 Å². The number of imidazole rings is 1. The molecule has 0 aliphatic rings. The Bertz CT molecular complexity index is 557. The molecular formula is C15H21N3O2. The van der Waals surface area contributed by atoms with Crippen molar-refractivity contribution in [3.63, 3.8) is 0 Å². The van der Waals surface area contributed by atoms with E-state index in [1.807, 2.05) is 28.8 Å². The highest BCUT2D eigenvalue weighted by atomic mass is 16.2. The van der Waals surface area contributed by atoms with E-state index in [2.05, 4.69) is 24.1 Å². The van der Waals surface area contributed by atoms with Gasteiger partial charge in [-0.1, -0.05) is 19.9 Å². The van der Waals surface area contributed by atoms with E-state index in [-0.39, 0.29) is 17.9 Å². The Balaban J connectivity index is 1.98. The van der Waals surface area contributed by atoms with E-state index in [0.29, 0.717) is 12.2 Å². The zero-order chi connectivity index (χ0) is 14.6. The van der Waals surface area contributed by atoms with Crippen LogP contribution in [0.25, 0.3) is 5.65 Å². The highest BCUT2D eigenvalue weighted by Gasteiger charge is 2.19. The summed E-state index contributed by atoms with van der Waals surface area (Å²) in [6.07, 6.45) is 5.21. The van der Waals surface area contributed by atoms with Gasteiger partial charge in [-0.3, -0.25) is 4.79 Å². The maximum absolute atomic E-state index is 12.1. The Morgan fingerprint density at radius 1 is 1.45 bits per heavy atom. The van der Waals surface area contributed by atoms with Crippen molar-refractivity contribution in [2.75, 3.05) is 13.2 Å². The van der Waals surface area contributed by atoms with Crippen molar-refractivity contribution in [1.29, 1.82) is 0 Å². The van der Waals surface area contributed by atoms with E-state index < -0.39 is 0 Å². The molecule has 0 aromatic carbocycles. The number of hydrogen-bond acceptors (Lipinski definition) is 3. The number of carbonyl (C=O) groups excluding carboxylic acids is 1. The first-order valence-corrected chi connectivity index (χ1v) is 6.85. The van der Waals surface area contributed by atoms with Crippen LogP contribution < -0.4 is 5.32 Å². The number of aliphatic hydroxyl groups excluding tert-OH is 1. The van der Waals surface area contributed by atoms with E-state index in [1.54, 1.807) is 6.20 Å². The van der Waals surface area contributed by atoms with Crippen LogP contribution in [0.5, 0.6) is 0 Å². The van der Waals surface area contributed by atoms with Gasteiger partial charge >= 0.3 is 0 Å². The smallest absolute Gasteiger partial charge is 0.271 e. The quantitative estimate of drug-likeness (QED) is 0.845. The summed E-state index contributed by atoms with van der Waals surface area (Å²) in [4.78, 5) is 16.4. The highest BCUT2D eigenvalue weighted by Crippen LogP contribution is 2.20. The minimum atomic E-state index is -0.161. The number of pyridine rings is 1. The normalized spacial score (nSPS) is 11.8. The van der Waals surface area contributed by atoms with Crippen molar-refractivity contribution < 1.29 is 9.90 Å². The molecule has 108 valence electrons. The standard InChI is InChI=1S/C15H21N3O2/c1-15(2,7-5-9-19)11-16-14(20)12-10-18-8-4-3-6-13(18)17-12/h3-4,6,8,10,19H,5,7,9,11H2,1-2H3,(H,16,20). The number of nitrogens with zero attached hydrogens (tertiary/aromatic N) is 2. The Labute approximate surface area is 118 Å². The molecule has 5 nitrogen and oxygen atoms in total. The summed E-state index contributed by atoms with van der Waals surface area (Å²) in [7, 11) is 0. The molecule has 2 heterocycles. The number of nitrogens with one attached hydrogen (secondary N) is 1. The van der Waals surface area contributed by atoms with Crippen LogP contribution in [0.1, 0.15) is 37.2 Å². The first-order chi connectivity index (χ1) is 9.52. The van der Waals surface area contributed by atoms with Crippen molar-refractivity contribution in [3.05, 3.63) is 36.3 Å². The Morgan fingerprint density at radius 3 is 2.95 bits per heavy atom. The molecular weight excluding hydrogens is 254 g/mol. The third kappa shape index (κ3) is 3.57. The molecule has 2 rings (SSSR count). The molecule has 0 unspecified atom stereocenters. The second-order valence-corrected chi connectivity index (χ2v) is 5.77. The fraction of sp³-hybridized carbons (Fsp3) is 0.467. The molecule has 0 saturated carbocycles. The van der Waals surface area contributed by atoms with Crippen molar-refractivity contribution in [3.8, 4) is 0 Å². The van der Waals surface area contributed by atoms with Gasteiger partial charge in [-0.15, -0.1) is 0 Å². The summed E-state index contributed by atoms with van der Waals surface area (Å²) in [6, 6.07) is 5.65. The monoisotopic (exact) mass is 275 g/mol. The number of aliphatic hydroxyl groups is 1. The lowest BCUT2D eigenvalue weighted by Gasteiger charge is -2.24. The number of rotatable bonds is 6. The Hall–Kier alpha value is -1.88. The van der Waals surface area contributed by atoms with Gasteiger partial charge in [-0.25, -0.2) is 4.98 Å². The molecule has 0 spiro atoms. The zero-order valence-corrected chi connectivity index (χ0v) is 12.0. The summed E-state index contributed by atoms with van der Waals surface area (Å²) >= 11 is 0. The number of hydrogen-bond donors (Lipinski definition) is 2. The Kier molecular flexibility index (Phi) is 4.39. The molecule has 0 radical (unpaired) electrons. The van der Waals surface area contributed by atoms with Gasteiger partial charge in [0.15, 0.2) is 0 Å². The van der Waals surface area contributed by atoms with Crippen LogP contribution in [-0.4, -0.2) is 33.6 Å². The lowest BCUT2D eigenvalue weighted by Crippen LogP contribution is -2.34. The second kappa shape index (κ2) is 6.05. The molecule has 2 aromatic heterocycles. The van der Waals surface area contributed by atoms with Gasteiger partial charge < -0.3 is 14.8 Å². The molecule has 0 bridgehead atoms. The number of fused-ring (bicyclic) bond motifs is 1.